The van der Waals surface area contributed by atoms with E-state index in [-0.39, 0.29) is 40.6 Å². The Kier molecular flexibility index (Phi) is 10.3. The summed E-state index contributed by atoms with van der Waals surface area (Å²) in [5.41, 5.74) is 1.19. The Morgan fingerprint density at radius 3 is 2.57 bits per heavy atom. The van der Waals surface area contributed by atoms with Crippen molar-refractivity contribution in [3.05, 3.63) is 35.6 Å². The monoisotopic (exact) mass is 533 g/mol. The predicted molar refractivity (Wildman–Crippen MR) is 130 cm³/mol. The van der Waals surface area contributed by atoms with Gasteiger partial charge in [-0.1, -0.05) is 18.6 Å². The molecule has 2 aliphatic rings. The number of guanidine groups is 1. The molecule has 1 saturated carbocycles. The van der Waals surface area contributed by atoms with Crippen LogP contribution in [0.15, 0.2) is 29.3 Å². The summed E-state index contributed by atoms with van der Waals surface area (Å²) in [6, 6.07) is 7.02. The topological polar surface area (TPSA) is 54.9 Å². The van der Waals surface area contributed by atoms with E-state index in [1.807, 2.05) is 6.07 Å². The Labute approximate surface area is 197 Å². The minimum atomic E-state index is -0.181. The molecule has 0 bridgehead atoms. The van der Waals surface area contributed by atoms with Crippen LogP contribution in [0.2, 0.25) is 0 Å². The van der Waals surface area contributed by atoms with Crippen LogP contribution in [0.4, 0.5) is 4.39 Å². The standard InChI is InChI=1S/C23H36FN3O2.HI/c1-3-25-21(26-17-22(8-5-9-22)10-13-28-2)27-18-23(11-14-29-15-12-23)19-6-4-7-20(24)16-19;/h4,6-7,16H,3,5,8-15,17-18H2,1-2H3,(H2,25,26,27);1H. The molecule has 1 aliphatic heterocycles. The van der Waals surface area contributed by atoms with Crippen molar-refractivity contribution in [2.75, 3.05) is 46.6 Å². The van der Waals surface area contributed by atoms with E-state index in [2.05, 4.69) is 17.6 Å². The summed E-state index contributed by atoms with van der Waals surface area (Å²) in [6.07, 6.45) is 6.55. The first-order valence-corrected chi connectivity index (χ1v) is 11.0. The van der Waals surface area contributed by atoms with Crippen LogP contribution in [0, 0.1) is 11.2 Å². The van der Waals surface area contributed by atoms with Crippen molar-refractivity contribution in [3.63, 3.8) is 0 Å². The fourth-order valence-electron chi connectivity index (χ4n) is 4.47. The number of rotatable bonds is 9. The fourth-order valence-corrected chi connectivity index (χ4v) is 4.47. The third-order valence-corrected chi connectivity index (χ3v) is 6.65. The van der Waals surface area contributed by atoms with Gasteiger partial charge in [0.1, 0.15) is 5.82 Å². The highest BCUT2D eigenvalue weighted by Crippen LogP contribution is 2.44. The quantitative estimate of drug-likeness (QED) is 0.283. The van der Waals surface area contributed by atoms with Gasteiger partial charge in [-0.05, 0) is 62.1 Å². The van der Waals surface area contributed by atoms with Crippen molar-refractivity contribution in [1.82, 2.24) is 10.6 Å². The van der Waals surface area contributed by atoms with Gasteiger partial charge in [0.05, 0.1) is 0 Å². The van der Waals surface area contributed by atoms with E-state index in [0.717, 1.165) is 57.0 Å². The second kappa shape index (κ2) is 12.2. The van der Waals surface area contributed by atoms with Gasteiger partial charge in [0.2, 0.25) is 0 Å². The van der Waals surface area contributed by atoms with Gasteiger partial charge in [0, 0.05) is 52.0 Å². The fraction of sp³-hybridized carbons (Fsp3) is 0.696. The van der Waals surface area contributed by atoms with Crippen LogP contribution in [0.25, 0.3) is 0 Å². The van der Waals surface area contributed by atoms with Gasteiger partial charge in [0.15, 0.2) is 5.96 Å². The Balaban J connectivity index is 0.00000320. The zero-order chi connectivity index (χ0) is 20.6. The van der Waals surface area contributed by atoms with Crippen molar-refractivity contribution in [2.24, 2.45) is 10.4 Å². The van der Waals surface area contributed by atoms with Gasteiger partial charge in [-0.3, -0.25) is 4.99 Å². The molecule has 0 aromatic heterocycles. The number of hydrogen-bond acceptors (Lipinski definition) is 3. The number of aliphatic imine (C=N–C) groups is 1. The molecule has 0 atom stereocenters. The van der Waals surface area contributed by atoms with Crippen molar-refractivity contribution < 1.29 is 13.9 Å². The normalized spacial score (nSPS) is 20.0. The Morgan fingerprint density at radius 1 is 1.20 bits per heavy atom. The van der Waals surface area contributed by atoms with E-state index in [1.165, 1.54) is 25.3 Å². The van der Waals surface area contributed by atoms with Gasteiger partial charge >= 0.3 is 0 Å². The van der Waals surface area contributed by atoms with Crippen molar-refractivity contribution in [3.8, 4) is 0 Å². The van der Waals surface area contributed by atoms with E-state index in [0.29, 0.717) is 13.2 Å². The van der Waals surface area contributed by atoms with E-state index < -0.39 is 0 Å². The summed E-state index contributed by atoms with van der Waals surface area (Å²) in [4.78, 5) is 4.92. The molecule has 0 radical (unpaired) electrons. The molecule has 7 heteroatoms. The molecular formula is C23H37FIN3O2. The molecule has 0 amide bonds. The van der Waals surface area contributed by atoms with Crippen LogP contribution >= 0.6 is 24.0 Å². The summed E-state index contributed by atoms with van der Waals surface area (Å²) < 4.78 is 24.8. The highest BCUT2D eigenvalue weighted by Gasteiger charge is 2.37. The SMILES string of the molecule is CCNC(=NCC1(CCOC)CCC1)NCC1(c2cccc(F)c2)CCOCC1.I. The first kappa shape index (κ1) is 25.3. The van der Waals surface area contributed by atoms with Crippen LogP contribution in [0.1, 0.15) is 51.0 Å². The summed E-state index contributed by atoms with van der Waals surface area (Å²) in [6.45, 7) is 6.63. The van der Waals surface area contributed by atoms with E-state index >= 15 is 0 Å². The molecule has 1 aliphatic carbocycles. The van der Waals surface area contributed by atoms with Gasteiger partial charge < -0.3 is 20.1 Å². The number of methoxy groups -OCH3 is 1. The van der Waals surface area contributed by atoms with Gasteiger partial charge in [-0.2, -0.15) is 0 Å². The number of halogens is 2. The van der Waals surface area contributed by atoms with E-state index in [9.17, 15) is 4.39 Å². The molecular weight excluding hydrogens is 496 g/mol. The molecule has 5 nitrogen and oxygen atoms in total. The van der Waals surface area contributed by atoms with E-state index in [1.54, 1.807) is 19.2 Å². The Hall–Kier alpha value is -0.930. The first-order chi connectivity index (χ1) is 14.1. The Morgan fingerprint density at radius 2 is 1.97 bits per heavy atom. The number of nitrogens with one attached hydrogen (secondary N) is 2. The lowest BCUT2D eigenvalue weighted by Crippen LogP contribution is -2.48. The molecule has 0 spiro atoms. The molecule has 1 aromatic carbocycles. The lowest BCUT2D eigenvalue weighted by Gasteiger charge is -2.41. The van der Waals surface area contributed by atoms with Gasteiger partial charge in [-0.15, -0.1) is 24.0 Å². The molecule has 30 heavy (non-hydrogen) atoms. The van der Waals surface area contributed by atoms with Gasteiger partial charge in [0.25, 0.3) is 0 Å². The maximum absolute atomic E-state index is 13.9. The lowest BCUT2D eigenvalue weighted by atomic mass is 9.67. The maximum atomic E-state index is 13.9. The smallest absolute Gasteiger partial charge is 0.191 e. The van der Waals surface area contributed by atoms with Crippen LogP contribution in [-0.4, -0.2) is 52.5 Å². The van der Waals surface area contributed by atoms with Crippen molar-refractivity contribution in [1.29, 1.82) is 0 Å². The number of ether oxygens (including phenoxy) is 2. The third kappa shape index (κ3) is 6.53. The zero-order valence-electron chi connectivity index (χ0n) is 18.3. The van der Waals surface area contributed by atoms with Gasteiger partial charge in [-0.25, -0.2) is 4.39 Å². The third-order valence-electron chi connectivity index (χ3n) is 6.65. The highest BCUT2D eigenvalue weighted by atomic mass is 127. The van der Waals surface area contributed by atoms with Crippen molar-refractivity contribution in [2.45, 2.75) is 50.9 Å². The lowest BCUT2D eigenvalue weighted by molar-refractivity contribution is 0.0512. The summed E-state index contributed by atoms with van der Waals surface area (Å²) >= 11 is 0. The summed E-state index contributed by atoms with van der Waals surface area (Å²) in [5.74, 6) is 0.664. The molecule has 1 saturated heterocycles. The number of hydrogen-bond donors (Lipinski definition) is 2. The average molecular weight is 533 g/mol. The first-order valence-electron chi connectivity index (χ1n) is 11.0. The van der Waals surface area contributed by atoms with E-state index in [4.69, 9.17) is 14.5 Å². The zero-order valence-corrected chi connectivity index (χ0v) is 20.7. The second-order valence-electron chi connectivity index (χ2n) is 8.55. The molecule has 3 rings (SSSR count). The van der Waals surface area contributed by atoms with Crippen LogP contribution in [0.5, 0.6) is 0 Å². The van der Waals surface area contributed by atoms with Crippen LogP contribution in [0.3, 0.4) is 0 Å². The molecule has 1 aromatic rings. The summed E-state index contributed by atoms with van der Waals surface area (Å²) in [5, 5.41) is 6.94. The molecule has 0 unspecified atom stereocenters. The predicted octanol–water partition coefficient (Wildman–Crippen LogP) is 4.25. The van der Waals surface area contributed by atoms with Crippen molar-refractivity contribution >= 4 is 29.9 Å². The molecule has 2 N–H and O–H groups in total. The highest BCUT2D eigenvalue weighted by molar-refractivity contribution is 14.0. The van der Waals surface area contributed by atoms with Crippen LogP contribution < -0.4 is 10.6 Å². The minimum absolute atomic E-state index is 0. The number of benzene rings is 1. The molecule has 2 fully saturated rings. The average Bonchev–Trinajstić information content (AvgIpc) is 2.71. The Bertz CT molecular complexity index is 676. The largest absolute Gasteiger partial charge is 0.385 e. The molecule has 170 valence electrons. The second-order valence-corrected chi connectivity index (χ2v) is 8.55. The minimum Gasteiger partial charge on any atom is -0.385 e. The summed E-state index contributed by atoms with van der Waals surface area (Å²) in [7, 11) is 1.76. The van der Waals surface area contributed by atoms with Crippen LogP contribution in [-0.2, 0) is 14.9 Å². The number of nitrogens with zero attached hydrogens (tertiary/aromatic N) is 1. The maximum Gasteiger partial charge on any atom is 0.191 e. The molecule has 1 heterocycles.